The van der Waals surface area contributed by atoms with Gasteiger partial charge in [-0.05, 0) is 48.2 Å². The molecule has 1 aliphatic rings. The average molecular weight is 333 g/mol. The molecule has 0 aromatic heterocycles. The van der Waals surface area contributed by atoms with Gasteiger partial charge in [-0.1, -0.05) is 18.2 Å². The predicted molar refractivity (Wildman–Crippen MR) is 85.5 cm³/mol. The third-order valence-corrected chi connectivity index (χ3v) is 5.69. The Kier molecular flexibility index (Phi) is 4.17. The Labute approximate surface area is 134 Å². The average Bonchev–Trinajstić information content (AvgIpc) is 2.46. The number of rotatable bonds is 3. The Morgan fingerprint density at radius 3 is 2.78 bits per heavy atom. The summed E-state index contributed by atoms with van der Waals surface area (Å²) in [5.41, 5.74) is 1.91. The van der Waals surface area contributed by atoms with E-state index in [9.17, 15) is 17.6 Å². The highest BCUT2D eigenvalue weighted by Gasteiger charge is 2.23. The van der Waals surface area contributed by atoms with Gasteiger partial charge in [-0.15, -0.1) is 0 Å². The van der Waals surface area contributed by atoms with Crippen molar-refractivity contribution in [2.45, 2.75) is 24.2 Å². The Morgan fingerprint density at radius 2 is 2.00 bits per heavy atom. The zero-order valence-electron chi connectivity index (χ0n) is 12.4. The number of hydrogen-bond acceptors (Lipinski definition) is 3. The van der Waals surface area contributed by atoms with Gasteiger partial charge in [0.1, 0.15) is 5.82 Å². The van der Waals surface area contributed by atoms with Crippen LogP contribution in [0.25, 0.3) is 0 Å². The molecule has 6 heteroatoms. The normalized spacial score (nSPS) is 15.7. The number of nitrogens with one attached hydrogen (secondary N) is 1. The van der Waals surface area contributed by atoms with Crippen molar-refractivity contribution in [3.05, 3.63) is 59.4 Å². The number of hydrogen-bond donors (Lipinski definition) is 1. The Bertz CT molecular complexity index is 862. The number of halogens is 1. The summed E-state index contributed by atoms with van der Waals surface area (Å²) in [4.78, 5) is 12.4. The molecule has 1 heterocycles. The molecule has 2 aromatic rings. The van der Waals surface area contributed by atoms with Crippen LogP contribution in [0.15, 0.2) is 47.4 Å². The van der Waals surface area contributed by atoms with Crippen molar-refractivity contribution in [1.82, 2.24) is 0 Å². The van der Waals surface area contributed by atoms with E-state index in [1.165, 1.54) is 18.2 Å². The first-order valence-electron chi connectivity index (χ1n) is 7.34. The van der Waals surface area contributed by atoms with E-state index in [2.05, 4.69) is 5.32 Å². The highest BCUT2D eigenvalue weighted by atomic mass is 32.2. The minimum atomic E-state index is -3.18. The molecule has 0 saturated carbocycles. The van der Waals surface area contributed by atoms with Gasteiger partial charge in [0.05, 0.1) is 17.1 Å². The van der Waals surface area contributed by atoms with Crippen LogP contribution >= 0.6 is 0 Å². The molecule has 4 nitrogen and oxygen atoms in total. The first kappa shape index (κ1) is 15.7. The lowest BCUT2D eigenvalue weighted by Crippen LogP contribution is -2.18. The van der Waals surface area contributed by atoms with Crippen molar-refractivity contribution < 1.29 is 17.6 Å². The van der Waals surface area contributed by atoms with E-state index in [0.717, 1.165) is 11.1 Å². The van der Waals surface area contributed by atoms with Crippen molar-refractivity contribution in [3.8, 4) is 0 Å². The molecule has 0 radical (unpaired) electrons. The summed E-state index contributed by atoms with van der Waals surface area (Å²) >= 11 is 0. The van der Waals surface area contributed by atoms with Crippen molar-refractivity contribution in [1.29, 1.82) is 0 Å². The number of carbonyl (C=O) groups is 1. The predicted octanol–water partition coefficient (Wildman–Crippen LogP) is 2.73. The fraction of sp³-hybridized carbons (Fsp3) is 0.235. The number of fused-ring (bicyclic) bond motifs is 1. The van der Waals surface area contributed by atoms with E-state index in [0.29, 0.717) is 23.4 Å². The van der Waals surface area contributed by atoms with Gasteiger partial charge in [-0.3, -0.25) is 4.79 Å². The standard InChI is InChI=1S/C17H16FNO3S/c18-14-4-1-5-15(11-14)19-17(20)10-12-6-7-16-13(9-12)3-2-8-23(16,21)22/h1,4-7,9,11H,2-3,8,10H2,(H,19,20). The van der Waals surface area contributed by atoms with Gasteiger partial charge in [0.2, 0.25) is 5.91 Å². The van der Waals surface area contributed by atoms with Gasteiger partial charge < -0.3 is 5.32 Å². The fourth-order valence-electron chi connectivity index (χ4n) is 2.76. The maximum atomic E-state index is 13.1. The second kappa shape index (κ2) is 6.12. The maximum Gasteiger partial charge on any atom is 0.228 e. The second-order valence-electron chi connectivity index (χ2n) is 5.60. The summed E-state index contributed by atoms with van der Waals surface area (Å²) < 4.78 is 37.0. The van der Waals surface area contributed by atoms with Crippen molar-refractivity contribution in [2.75, 3.05) is 11.1 Å². The number of aryl methyl sites for hydroxylation is 1. The van der Waals surface area contributed by atoms with Crippen LogP contribution in [-0.2, 0) is 27.5 Å². The molecule has 1 N–H and O–H groups in total. The van der Waals surface area contributed by atoms with Crippen LogP contribution in [0.1, 0.15) is 17.5 Å². The van der Waals surface area contributed by atoms with Crippen molar-refractivity contribution in [2.24, 2.45) is 0 Å². The van der Waals surface area contributed by atoms with Crippen LogP contribution in [0.2, 0.25) is 0 Å². The number of carbonyl (C=O) groups excluding carboxylic acids is 1. The highest BCUT2D eigenvalue weighted by molar-refractivity contribution is 7.91. The van der Waals surface area contributed by atoms with Gasteiger partial charge in [0.25, 0.3) is 0 Å². The molecule has 0 aliphatic carbocycles. The molecular formula is C17H16FNO3S. The Morgan fingerprint density at radius 1 is 1.17 bits per heavy atom. The molecule has 2 aromatic carbocycles. The molecule has 0 atom stereocenters. The van der Waals surface area contributed by atoms with E-state index >= 15 is 0 Å². The fourth-order valence-corrected chi connectivity index (χ4v) is 4.34. The van der Waals surface area contributed by atoms with E-state index in [4.69, 9.17) is 0 Å². The molecule has 0 fully saturated rings. The minimum absolute atomic E-state index is 0.115. The van der Waals surface area contributed by atoms with Gasteiger partial charge in [0, 0.05) is 5.69 Å². The summed E-state index contributed by atoms with van der Waals surface area (Å²) in [6.07, 6.45) is 1.42. The lowest BCUT2D eigenvalue weighted by Gasteiger charge is -2.17. The summed E-state index contributed by atoms with van der Waals surface area (Å²) in [5, 5.41) is 2.63. The van der Waals surface area contributed by atoms with E-state index in [-0.39, 0.29) is 18.1 Å². The lowest BCUT2D eigenvalue weighted by molar-refractivity contribution is -0.115. The van der Waals surface area contributed by atoms with Crippen LogP contribution in [0.4, 0.5) is 10.1 Å². The Hall–Kier alpha value is -2.21. The molecule has 0 saturated heterocycles. The van der Waals surface area contributed by atoms with Gasteiger partial charge in [-0.25, -0.2) is 12.8 Å². The molecule has 1 aliphatic heterocycles. The number of anilines is 1. The number of benzene rings is 2. The highest BCUT2D eigenvalue weighted by Crippen LogP contribution is 2.26. The minimum Gasteiger partial charge on any atom is -0.326 e. The lowest BCUT2D eigenvalue weighted by atomic mass is 10.0. The molecule has 1 amide bonds. The number of sulfone groups is 1. The quantitative estimate of drug-likeness (QED) is 0.939. The largest absolute Gasteiger partial charge is 0.326 e. The zero-order chi connectivity index (χ0) is 16.4. The smallest absolute Gasteiger partial charge is 0.228 e. The van der Waals surface area contributed by atoms with Crippen LogP contribution in [0, 0.1) is 5.82 Å². The molecule has 0 bridgehead atoms. The number of amides is 1. The molecule has 120 valence electrons. The molecular weight excluding hydrogens is 317 g/mol. The first-order chi connectivity index (χ1) is 10.9. The summed E-state index contributed by atoms with van der Waals surface area (Å²) in [7, 11) is -3.18. The summed E-state index contributed by atoms with van der Waals surface area (Å²) in [6.45, 7) is 0. The topological polar surface area (TPSA) is 63.2 Å². The van der Waals surface area contributed by atoms with Gasteiger partial charge in [0.15, 0.2) is 9.84 Å². The third-order valence-electron chi connectivity index (χ3n) is 3.79. The van der Waals surface area contributed by atoms with Crippen molar-refractivity contribution >= 4 is 21.4 Å². The van der Waals surface area contributed by atoms with Crippen LogP contribution in [0.3, 0.4) is 0 Å². The van der Waals surface area contributed by atoms with Crippen molar-refractivity contribution in [3.63, 3.8) is 0 Å². The van der Waals surface area contributed by atoms with Crippen LogP contribution < -0.4 is 5.32 Å². The molecule has 0 unspecified atom stereocenters. The second-order valence-corrected chi connectivity index (χ2v) is 7.68. The van der Waals surface area contributed by atoms with E-state index < -0.39 is 15.7 Å². The SMILES string of the molecule is O=C(Cc1ccc2c(c1)CCCS2(=O)=O)Nc1cccc(F)c1. The third kappa shape index (κ3) is 3.59. The van der Waals surface area contributed by atoms with E-state index in [1.807, 2.05) is 0 Å². The maximum absolute atomic E-state index is 13.1. The zero-order valence-corrected chi connectivity index (χ0v) is 13.2. The van der Waals surface area contributed by atoms with Crippen LogP contribution in [-0.4, -0.2) is 20.1 Å². The monoisotopic (exact) mass is 333 g/mol. The molecule has 3 rings (SSSR count). The van der Waals surface area contributed by atoms with E-state index in [1.54, 1.807) is 24.3 Å². The molecule has 0 spiro atoms. The summed E-state index contributed by atoms with van der Waals surface area (Å²) in [6, 6.07) is 10.7. The Balaban J connectivity index is 1.75. The first-order valence-corrected chi connectivity index (χ1v) is 8.99. The summed E-state index contributed by atoms with van der Waals surface area (Å²) in [5.74, 6) is -0.504. The van der Waals surface area contributed by atoms with Gasteiger partial charge in [-0.2, -0.15) is 0 Å². The molecule has 23 heavy (non-hydrogen) atoms. The van der Waals surface area contributed by atoms with Gasteiger partial charge >= 0.3 is 0 Å². The van der Waals surface area contributed by atoms with Crippen LogP contribution in [0.5, 0.6) is 0 Å².